The molecule has 194 valence electrons. The van der Waals surface area contributed by atoms with Crippen molar-refractivity contribution in [2.45, 2.75) is 50.7 Å². The fraction of sp³-hybridized carbons (Fsp3) is 0.333. The topological polar surface area (TPSA) is 67.9 Å². The highest BCUT2D eigenvalue weighted by molar-refractivity contribution is 6.30. The lowest BCUT2D eigenvalue weighted by atomic mass is 10.0. The molecular weight excluding hydrogens is 488 g/mol. The van der Waals surface area contributed by atoms with Crippen LogP contribution in [0.4, 0.5) is 0 Å². The van der Waals surface area contributed by atoms with Crippen LogP contribution in [0.3, 0.4) is 0 Å². The summed E-state index contributed by atoms with van der Waals surface area (Å²) in [7, 11) is 1.61. The van der Waals surface area contributed by atoms with Gasteiger partial charge in [0.1, 0.15) is 17.5 Å². The van der Waals surface area contributed by atoms with Gasteiger partial charge in [-0.3, -0.25) is 9.59 Å². The SMILES string of the molecule is COc1cccc(CN(C(=O)COc2cccc(Cl)c2)C(Cc2ccccc2)C(=O)NC2CCCC2)c1. The maximum absolute atomic E-state index is 13.7. The van der Waals surface area contributed by atoms with Gasteiger partial charge in [0.05, 0.1) is 7.11 Å². The molecule has 0 heterocycles. The summed E-state index contributed by atoms with van der Waals surface area (Å²) in [6, 6.07) is 23.7. The van der Waals surface area contributed by atoms with Crippen molar-refractivity contribution in [1.29, 1.82) is 0 Å². The van der Waals surface area contributed by atoms with Crippen LogP contribution >= 0.6 is 11.6 Å². The third kappa shape index (κ3) is 7.73. The summed E-state index contributed by atoms with van der Waals surface area (Å²) in [6.07, 6.45) is 4.53. The lowest BCUT2D eigenvalue weighted by Gasteiger charge is -2.32. The van der Waals surface area contributed by atoms with Gasteiger partial charge in [-0.25, -0.2) is 0 Å². The lowest BCUT2D eigenvalue weighted by Crippen LogP contribution is -2.53. The molecule has 3 aromatic carbocycles. The number of hydrogen-bond acceptors (Lipinski definition) is 4. The molecule has 1 N–H and O–H groups in total. The first kappa shape index (κ1) is 26.6. The maximum atomic E-state index is 13.7. The smallest absolute Gasteiger partial charge is 0.261 e. The summed E-state index contributed by atoms with van der Waals surface area (Å²) in [5, 5.41) is 3.73. The van der Waals surface area contributed by atoms with Gasteiger partial charge in [0.25, 0.3) is 5.91 Å². The molecule has 1 atom stereocenters. The number of rotatable bonds is 11. The molecular formula is C30H33ClN2O4. The fourth-order valence-electron chi connectivity index (χ4n) is 4.67. The van der Waals surface area contributed by atoms with Crippen molar-refractivity contribution < 1.29 is 19.1 Å². The number of halogens is 1. The van der Waals surface area contributed by atoms with E-state index in [2.05, 4.69) is 5.32 Å². The normalized spacial score (nSPS) is 14.1. The van der Waals surface area contributed by atoms with E-state index in [9.17, 15) is 9.59 Å². The van der Waals surface area contributed by atoms with Crippen LogP contribution in [-0.4, -0.2) is 42.5 Å². The zero-order chi connectivity index (χ0) is 26.0. The highest BCUT2D eigenvalue weighted by atomic mass is 35.5. The van der Waals surface area contributed by atoms with E-state index in [-0.39, 0.29) is 31.0 Å². The number of carbonyl (C=O) groups excluding carboxylic acids is 2. The van der Waals surface area contributed by atoms with Crippen LogP contribution in [0.1, 0.15) is 36.8 Å². The predicted molar refractivity (Wildman–Crippen MR) is 145 cm³/mol. The van der Waals surface area contributed by atoms with Gasteiger partial charge in [-0.2, -0.15) is 0 Å². The van der Waals surface area contributed by atoms with Gasteiger partial charge < -0.3 is 19.7 Å². The Kier molecular flexibility index (Phi) is 9.44. The average molecular weight is 521 g/mol. The molecule has 0 aromatic heterocycles. The molecule has 0 radical (unpaired) electrons. The maximum Gasteiger partial charge on any atom is 0.261 e. The van der Waals surface area contributed by atoms with Crippen molar-refractivity contribution in [2.75, 3.05) is 13.7 Å². The number of nitrogens with zero attached hydrogens (tertiary/aromatic N) is 1. The number of methoxy groups -OCH3 is 1. The minimum Gasteiger partial charge on any atom is -0.497 e. The highest BCUT2D eigenvalue weighted by Crippen LogP contribution is 2.22. The van der Waals surface area contributed by atoms with Gasteiger partial charge in [0, 0.05) is 24.0 Å². The molecule has 37 heavy (non-hydrogen) atoms. The number of hydrogen-bond donors (Lipinski definition) is 1. The van der Waals surface area contributed by atoms with E-state index in [1.54, 1.807) is 36.3 Å². The minimum atomic E-state index is -0.704. The van der Waals surface area contributed by atoms with Gasteiger partial charge in [-0.1, -0.05) is 73.0 Å². The fourth-order valence-corrected chi connectivity index (χ4v) is 4.85. The molecule has 0 bridgehead atoms. The Balaban J connectivity index is 1.62. The van der Waals surface area contributed by atoms with Gasteiger partial charge in [-0.15, -0.1) is 0 Å². The second kappa shape index (κ2) is 13.2. The Hall–Kier alpha value is -3.51. The van der Waals surface area contributed by atoms with E-state index < -0.39 is 6.04 Å². The van der Waals surface area contributed by atoms with E-state index in [1.165, 1.54) is 0 Å². The summed E-state index contributed by atoms with van der Waals surface area (Å²) in [5.74, 6) is 0.757. The van der Waals surface area contributed by atoms with Crippen molar-refractivity contribution in [1.82, 2.24) is 10.2 Å². The van der Waals surface area contributed by atoms with Crippen LogP contribution in [0.25, 0.3) is 0 Å². The number of ether oxygens (including phenoxy) is 2. The second-order valence-electron chi connectivity index (χ2n) is 9.31. The largest absolute Gasteiger partial charge is 0.497 e. The first-order chi connectivity index (χ1) is 18.0. The molecule has 1 fully saturated rings. The Labute approximate surface area is 223 Å². The molecule has 2 amide bonds. The van der Waals surface area contributed by atoms with Crippen LogP contribution in [0, 0.1) is 0 Å². The minimum absolute atomic E-state index is 0.141. The number of carbonyl (C=O) groups is 2. The Morgan fingerprint density at radius 2 is 1.65 bits per heavy atom. The van der Waals surface area contributed by atoms with Crippen LogP contribution in [0.15, 0.2) is 78.9 Å². The van der Waals surface area contributed by atoms with Crippen LogP contribution < -0.4 is 14.8 Å². The van der Waals surface area contributed by atoms with E-state index in [1.807, 2.05) is 54.6 Å². The third-order valence-corrected chi connectivity index (χ3v) is 6.85. The summed E-state index contributed by atoms with van der Waals surface area (Å²) < 4.78 is 11.2. The molecule has 0 aliphatic heterocycles. The van der Waals surface area contributed by atoms with Crippen LogP contribution in [0.5, 0.6) is 11.5 Å². The highest BCUT2D eigenvalue weighted by Gasteiger charge is 2.32. The van der Waals surface area contributed by atoms with Crippen LogP contribution in [-0.2, 0) is 22.6 Å². The van der Waals surface area contributed by atoms with Crippen molar-refractivity contribution in [2.24, 2.45) is 0 Å². The van der Waals surface area contributed by atoms with Crippen LogP contribution in [0.2, 0.25) is 5.02 Å². The third-order valence-electron chi connectivity index (χ3n) is 6.62. The Morgan fingerprint density at radius 3 is 2.38 bits per heavy atom. The molecule has 0 spiro atoms. The van der Waals surface area contributed by atoms with E-state index >= 15 is 0 Å². The Morgan fingerprint density at radius 1 is 0.946 bits per heavy atom. The van der Waals surface area contributed by atoms with Crippen molar-refractivity contribution in [3.05, 3.63) is 95.0 Å². The summed E-state index contributed by atoms with van der Waals surface area (Å²) in [5.41, 5.74) is 1.84. The molecule has 1 aliphatic carbocycles. The molecule has 7 heteroatoms. The standard InChI is InChI=1S/C30H33ClN2O4/c1-36-26-15-7-11-23(17-26)20-33(29(34)21-37-27-16-8-12-24(31)19-27)28(18-22-9-3-2-4-10-22)30(35)32-25-13-5-6-14-25/h2-4,7-12,15-17,19,25,28H,5-6,13-14,18,20-21H2,1H3,(H,32,35). The van der Waals surface area contributed by atoms with Gasteiger partial charge in [0.2, 0.25) is 5.91 Å². The molecule has 6 nitrogen and oxygen atoms in total. The summed E-state index contributed by atoms with van der Waals surface area (Å²) >= 11 is 6.08. The molecule has 4 rings (SSSR count). The molecule has 1 unspecified atom stereocenters. The van der Waals surface area contributed by atoms with Gasteiger partial charge in [0.15, 0.2) is 6.61 Å². The van der Waals surface area contributed by atoms with Crippen molar-refractivity contribution >= 4 is 23.4 Å². The van der Waals surface area contributed by atoms with Crippen molar-refractivity contribution in [3.63, 3.8) is 0 Å². The van der Waals surface area contributed by atoms with E-state index in [4.69, 9.17) is 21.1 Å². The number of benzene rings is 3. The average Bonchev–Trinajstić information content (AvgIpc) is 3.43. The van der Waals surface area contributed by atoms with Crippen molar-refractivity contribution in [3.8, 4) is 11.5 Å². The molecule has 1 saturated carbocycles. The van der Waals surface area contributed by atoms with Gasteiger partial charge >= 0.3 is 0 Å². The number of nitrogens with one attached hydrogen (secondary N) is 1. The quantitative estimate of drug-likeness (QED) is 0.366. The van der Waals surface area contributed by atoms with E-state index in [0.717, 1.165) is 36.8 Å². The second-order valence-corrected chi connectivity index (χ2v) is 9.75. The zero-order valence-corrected chi connectivity index (χ0v) is 21.8. The first-order valence-corrected chi connectivity index (χ1v) is 13.0. The molecule has 3 aromatic rings. The van der Waals surface area contributed by atoms with Gasteiger partial charge in [-0.05, 0) is 54.3 Å². The first-order valence-electron chi connectivity index (χ1n) is 12.7. The number of amides is 2. The predicted octanol–water partition coefficient (Wildman–Crippen LogP) is 5.43. The lowest BCUT2D eigenvalue weighted by molar-refractivity contribution is -0.143. The zero-order valence-electron chi connectivity index (χ0n) is 21.1. The molecule has 0 saturated heterocycles. The molecule has 1 aliphatic rings. The van der Waals surface area contributed by atoms with E-state index in [0.29, 0.717) is 22.9 Å². The monoisotopic (exact) mass is 520 g/mol. The summed E-state index contributed by atoms with van der Waals surface area (Å²) in [4.78, 5) is 29.0. The Bertz CT molecular complexity index is 1180. The summed E-state index contributed by atoms with van der Waals surface area (Å²) in [6.45, 7) is 0.0246.